The third-order valence-electron chi connectivity index (χ3n) is 2.05. The summed E-state index contributed by atoms with van der Waals surface area (Å²) in [4.78, 5) is 24.8. The largest absolute Gasteiger partial charge is 0.480 e. The van der Waals surface area contributed by atoms with Crippen molar-refractivity contribution in [3.63, 3.8) is 0 Å². The molecule has 0 fully saturated rings. The molecule has 2 N–H and O–H groups in total. The minimum atomic E-state index is -1.32. The maximum atomic E-state index is 11.0. The lowest BCUT2D eigenvalue weighted by Gasteiger charge is -2.22. The number of hydrogen-bond donors (Lipinski definition) is 2. The van der Waals surface area contributed by atoms with Crippen LogP contribution in [0.1, 0.15) is 13.8 Å². The molecule has 0 spiro atoms. The van der Waals surface area contributed by atoms with Crippen LogP contribution in [-0.2, 0) is 4.79 Å². The zero-order valence-electron chi connectivity index (χ0n) is 9.10. The number of halogens is 1. The van der Waals surface area contributed by atoms with Crippen molar-refractivity contribution in [2.24, 2.45) is 0 Å². The van der Waals surface area contributed by atoms with Crippen molar-refractivity contribution in [2.75, 3.05) is 5.32 Å². The first-order chi connectivity index (χ1) is 7.75. The number of hydrogen-bond acceptors (Lipinski definition) is 5. The Labute approximate surface area is 105 Å². The summed E-state index contributed by atoms with van der Waals surface area (Å²) in [6, 6.07) is 0. The van der Waals surface area contributed by atoms with Crippen LogP contribution in [0, 0.1) is 10.1 Å². The number of nitrogens with zero attached hydrogens (tertiary/aromatic N) is 2. The fourth-order valence-electron chi connectivity index (χ4n) is 1.05. The zero-order chi connectivity index (χ0) is 13.2. The average Bonchev–Trinajstić information content (AvgIpc) is 2.20. The van der Waals surface area contributed by atoms with E-state index >= 15 is 0 Å². The Hall–Kier alpha value is -1.70. The SMILES string of the molecule is CC(C)(Nc1c(Br)cncc1[N+](=O)[O-])C(=O)O. The van der Waals surface area contributed by atoms with Gasteiger partial charge in [-0.15, -0.1) is 0 Å². The lowest BCUT2D eigenvalue weighted by atomic mass is 10.1. The molecule has 0 saturated heterocycles. The van der Waals surface area contributed by atoms with Crippen LogP contribution in [0.15, 0.2) is 16.9 Å². The molecule has 0 unspecified atom stereocenters. The van der Waals surface area contributed by atoms with Crippen LogP contribution < -0.4 is 5.32 Å². The van der Waals surface area contributed by atoms with Gasteiger partial charge in [-0.2, -0.15) is 0 Å². The number of nitrogens with one attached hydrogen (secondary N) is 1. The minimum absolute atomic E-state index is 0.0948. The molecule has 0 aliphatic carbocycles. The summed E-state index contributed by atoms with van der Waals surface area (Å²) >= 11 is 3.09. The van der Waals surface area contributed by atoms with Gasteiger partial charge in [0.1, 0.15) is 17.4 Å². The van der Waals surface area contributed by atoms with Crippen molar-refractivity contribution >= 4 is 33.3 Å². The Morgan fingerprint density at radius 3 is 2.65 bits per heavy atom. The molecule has 17 heavy (non-hydrogen) atoms. The van der Waals surface area contributed by atoms with Crippen LogP contribution >= 0.6 is 15.9 Å². The second kappa shape index (κ2) is 4.66. The number of carboxylic acid groups (broad SMARTS) is 1. The van der Waals surface area contributed by atoms with Crippen LogP contribution in [0.2, 0.25) is 0 Å². The summed E-state index contributed by atoms with van der Waals surface area (Å²) in [5.74, 6) is -1.12. The van der Waals surface area contributed by atoms with Crippen molar-refractivity contribution in [1.82, 2.24) is 4.98 Å². The predicted molar refractivity (Wildman–Crippen MR) is 63.9 cm³/mol. The minimum Gasteiger partial charge on any atom is -0.480 e. The van der Waals surface area contributed by atoms with Crippen molar-refractivity contribution in [3.8, 4) is 0 Å². The second-order valence-electron chi connectivity index (χ2n) is 3.83. The summed E-state index contributed by atoms with van der Waals surface area (Å²) in [6.45, 7) is 2.82. The van der Waals surface area contributed by atoms with Crippen molar-refractivity contribution < 1.29 is 14.8 Å². The standard InChI is InChI=1S/C9H10BrN3O4/c1-9(2,8(14)15)12-7-5(10)3-11-4-6(7)13(16)17/h3-4H,1-2H3,(H,11,12)(H,14,15). The highest BCUT2D eigenvalue weighted by Gasteiger charge is 2.30. The van der Waals surface area contributed by atoms with Crippen molar-refractivity contribution in [1.29, 1.82) is 0 Å². The van der Waals surface area contributed by atoms with Gasteiger partial charge < -0.3 is 10.4 Å². The van der Waals surface area contributed by atoms with Crippen LogP contribution in [0.4, 0.5) is 11.4 Å². The average molecular weight is 304 g/mol. The fourth-order valence-corrected chi connectivity index (χ4v) is 1.47. The van der Waals surface area contributed by atoms with E-state index in [2.05, 4.69) is 26.2 Å². The Balaban J connectivity index is 3.22. The Morgan fingerprint density at radius 1 is 1.59 bits per heavy atom. The molecule has 7 nitrogen and oxygen atoms in total. The molecule has 8 heteroatoms. The van der Waals surface area contributed by atoms with Gasteiger partial charge in [0, 0.05) is 6.20 Å². The van der Waals surface area contributed by atoms with Gasteiger partial charge in [0.05, 0.1) is 9.40 Å². The fraction of sp³-hybridized carbons (Fsp3) is 0.333. The molecule has 1 rings (SSSR count). The molecule has 0 radical (unpaired) electrons. The molecule has 1 aromatic heterocycles. The summed E-state index contributed by atoms with van der Waals surface area (Å²) in [7, 11) is 0. The summed E-state index contributed by atoms with van der Waals surface area (Å²) in [5.41, 5.74) is -1.51. The highest BCUT2D eigenvalue weighted by atomic mass is 79.9. The quantitative estimate of drug-likeness (QED) is 0.651. The Morgan fingerprint density at radius 2 is 2.18 bits per heavy atom. The first-order valence-electron chi connectivity index (χ1n) is 4.55. The van der Waals surface area contributed by atoms with E-state index in [1.54, 1.807) is 0 Å². The predicted octanol–water partition coefficient (Wildman–Crippen LogP) is 2.03. The van der Waals surface area contributed by atoms with E-state index < -0.39 is 16.4 Å². The number of anilines is 1. The summed E-state index contributed by atoms with van der Waals surface area (Å²) in [6.07, 6.45) is 2.41. The number of carbonyl (C=O) groups is 1. The maximum Gasteiger partial charge on any atom is 0.328 e. The van der Waals surface area contributed by atoms with Crippen LogP contribution in [0.3, 0.4) is 0 Å². The third kappa shape index (κ3) is 2.90. The normalized spacial score (nSPS) is 11.0. The van der Waals surface area contributed by atoms with E-state index in [9.17, 15) is 14.9 Å². The van der Waals surface area contributed by atoms with Crippen molar-refractivity contribution in [3.05, 3.63) is 27.0 Å². The first kappa shape index (κ1) is 13.4. The van der Waals surface area contributed by atoms with E-state index in [1.807, 2.05) is 0 Å². The summed E-state index contributed by atoms with van der Waals surface area (Å²) < 4.78 is 0.334. The molecule has 0 saturated carbocycles. The lowest BCUT2D eigenvalue weighted by molar-refractivity contribution is -0.384. The monoisotopic (exact) mass is 303 g/mol. The number of rotatable bonds is 4. The molecular formula is C9H10BrN3O4. The van der Waals surface area contributed by atoms with Gasteiger partial charge in [-0.1, -0.05) is 0 Å². The van der Waals surface area contributed by atoms with Gasteiger partial charge in [-0.25, -0.2) is 4.79 Å². The molecule has 1 aromatic rings. The Bertz CT molecular complexity index is 475. The number of aliphatic carboxylic acids is 1. The molecule has 1 heterocycles. The van der Waals surface area contributed by atoms with E-state index in [-0.39, 0.29) is 11.4 Å². The lowest BCUT2D eigenvalue weighted by Crippen LogP contribution is -2.40. The molecule has 0 bridgehead atoms. The van der Waals surface area contributed by atoms with Crippen LogP contribution in [-0.4, -0.2) is 26.5 Å². The summed E-state index contributed by atoms with van der Waals surface area (Å²) in [5, 5.41) is 22.4. The number of aromatic nitrogens is 1. The van der Waals surface area contributed by atoms with Gasteiger partial charge in [-0.3, -0.25) is 15.1 Å². The van der Waals surface area contributed by atoms with E-state index in [4.69, 9.17) is 5.11 Å². The van der Waals surface area contributed by atoms with E-state index in [1.165, 1.54) is 20.0 Å². The molecule has 0 aromatic carbocycles. The number of nitro groups is 1. The highest BCUT2D eigenvalue weighted by molar-refractivity contribution is 9.10. The number of carboxylic acids is 1. The maximum absolute atomic E-state index is 11.0. The first-order valence-corrected chi connectivity index (χ1v) is 5.34. The molecule has 0 amide bonds. The van der Waals surface area contributed by atoms with Gasteiger partial charge in [0.25, 0.3) is 0 Å². The van der Waals surface area contributed by atoms with Gasteiger partial charge in [0.15, 0.2) is 0 Å². The third-order valence-corrected chi connectivity index (χ3v) is 2.65. The Kier molecular flexibility index (Phi) is 3.66. The van der Waals surface area contributed by atoms with Gasteiger partial charge in [-0.05, 0) is 29.8 Å². The number of pyridine rings is 1. The second-order valence-corrected chi connectivity index (χ2v) is 4.68. The molecule has 0 atom stereocenters. The molecule has 0 aliphatic rings. The van der Waals surface area contributed by atoms with Gasteiger partial charge >= 0.3 is 11.7 Å². The van der Waals surface area contributed by atoms with Crippen LogP contribution in [0.25, 0.3) is 0 Å². The molecule has 0 aliphatic heterocycles. The van der Waals surface area contributed by atoms with E-state index in [0.717, 1.165) is 6.20 Å². The molecule has 92 valence electrons. The zero-order valence-corrected chi connectivity index (χ0v) is 10.7. The topological polar surface area (TPSA) is 105 Å². The van der Waals surface area contributed by atoms with Gasteiger partial charge in [0.2, 0.25) is 0 Å². The van der Waals surface area contributed by atoms with Crippen molar-refractivity contribution in [2.45, 2.75) is 19.4 Å². The highest BCUT2D eigenvalue weighted by Crippen LogP contribution is 2.33. The van der Waals surface area contributed by atoms with E-state index in [0.29, 0.717) is 4.47 Å². The van der Waals surface area contributed by atoms with Crippen LogP contribution in [0.5, 0.6) is 0 Å². The smallest absolute Gasteiger partial charge is 0.328 e. The molecular weight excluding hydrogens is 294 g/mol.